The largest absolute Gasteiger partial charge is 0.338 e. The molecular weight excluding hydrogens is 256 g/mol. The summed E-state index contributed by atoms with van der Waals surface area (Å²) in [5.74, 6) is -0.266. The Kier molecular flexibility index (Phi) is 3.94. The van der Waals surface area contributed by atoms with Gasteiger partial charge in [0.2, 0.25) is 5.91 Å². The second kappa shape index (κ2) is 5.50. The molecule has 6 heteroatoms. The number of nitrogens with zero attached hydrogens (tertiary/aromatic N) is 1. The maximum atomic E-state index is 11.9. The van der Waals surface area contributed by atoms with Gasteiger partial charge in [-0.15, -0.1) is 0 Å². The monoisotopic (exact) mass is 276 g/mol. The van der Waals surface area contributed by atoms with Crippen molar-refractivity contribution in [1.29, 1.82) is 0 Å². The first kappa shape index (κ1) is 14.3. The lowest BCUT2D eigenvalue weighted by Crippen LogP contribution is -2.46. The lowest BCUT2D eigenvalue weighted by molar-refractivity contribution is -0.120. The van der Waals surface area contributed by atoms with Crippen molar-refractivity contribution in [3.05, 3.63) is 24.3 Å². The molecule has 0 aliphatic carbocycles. The van der Waals surface area contributed by atoms with Gasteiger partial charge >= 0.3 is 6.03 Å². The summed E-state index contributed by atoms with van der Waals surface area (Å²) >= 11 is 0. The highest BCUT2D eigenvalue weighted by molar-refractivity contribution is 5.98. The molecule has 3 amide bonds. The summed E-state index contributed by atoms with van der Waals surface area (Å²) in [6.45, 7) is 4.66. The summed E-state index contributed by atoms with van der Waals surface area (Å²) in [6.07, 6.45) is 0.901. The first-order valence-corrected chi connectivity index (χ1v) is 6.64. The molecule has 0 atom stereocenters. The van der Waals surface area contributed by atoms with Gasteiger partial charge in [0, 0.05) is 24.5 Å². The molecule has 1 fully saturated rings. The fourth-order valence-corrected chi connectivity index (χ4v) is 1.92. The van der Waals surface area contributed by atoms with Gasteiger partial charge in [-0.2, -0.15) is 0 Å². The second-order valence-electron chi connectivity index (χ2n) is 5.46. The number of carbonyl (C=O) groups is 2. The summed E-state index contributed by atoms with van der Waals surface area (Å²) < 4.78 is 0. The van der Waals surface area contributed by atoms with E-state index in [1.165, 1.54) is 0 Å². The molecule has 1 aliphatic rings. The zero-order valence-electron chi connectivity index (χ0n) is 11.8. The van der Waals surface area contributed by atoms with Gasteiger partial charge in [0.15, 0.2) is 0 Å². The Bertz CT molecular complexity index is 522. The quantitative estimate of drug-likeness (QED) is 0.777. The van der Waals surface area contributed by atoms with Crippen LogP contribution in [0.3, 0.4) is 0 Å². The van der Waals surface area contributed by atoms with Crippen LogP contribution >= 0.6 is 0 Å². The molecular formula is C14H20N4O2. The number of amides is 3. The van der Waals surface area contributed by atoms with Gasteiger partial charge in [-0.25, -0.2) is 4.79 Å². The molecule has 6 nitrogen and oxygen atoms in total. The van der Waals surface area contributed by atoms with Crippen LogP contribution in [0.15, 0.2) is 24.3 Å². The van der Waals surface area contributed by atoms with Crippen molar-refractivity contribution in [2.24, 2.45) is 5.73 Å². The van der Waals surface area contributed by atoms with E-state index >= 15 is 0 Å². The van der Waals surface area contributed by atoms with E-state index in [9.17, 15) is 9.59 Å². The Morgan fingerprint density at radius 3 is 2.85 bits per heavy atom. The van der Waals surface area contributed by atoms with Crippen molar-refractivity contribution in [2.75, 3.05) is 23.3 Å². The minimum Gasteiger partial charge on any atom is -0.338 e. The molecule has 108 valence electrons. The topological polar surface area (TPSA) is 87.5 Å². The molecule has 20 heavy (non-hydrogen) atoms. The van der Waals surface area contributed by atoms with Crippen LogP contribution in [0.1, 0.15) is 20.3 Å². The molecule has 1 saturated heterocycles. The zero-order chi connectivity index (χ0) is 14.8. The zero-order valence-corrected chi connectivity index (χ0v) is 11.8. The number of rotatable bonds is 3. The van der Waals surface area contributed by atoms with Gasteiger partial charge in [0.25, 0.3) is 0 Å². The van der Waals surface area contributed by atoms with E-state index in [-0.39, 0.29) is 11.9 Å². The van der Waals surface area contributed by atoms with Gasteiger partial charge in [-0.05, 0) is 38.5 Å². The van der Waals surface area contributed by atoms with Gasteiger partial charge in [0.1, 0.15) is 0 Å². The number of benzene rings is 1. The van der Waals surface area contributed by atoms with Crippen LogP contribution in [-0.2, 0) is 4.79 Å². The molecule has 0 saturated carbocycles. The highest BCUT2D eigenvalue weighted by Gasteiger charge is 2.23. The molecule has 0 bridgehead atoms. The van der Waals surface area contributed by atoms with Gasteiger partial charge in [0.05, 0.1) is 5.54 Å². The molecule has 1 heterocycles. The Hall–Kier alpha value is -2.08. The Morgan fingerprint density at radius 2 is 2.20 bits per heavy atom. The number of hydrogen-bond donors (Lipinski definition) is 3. The third kappa shape index (κ3) is 3.27. The molecule has 1 aliphatic heterocycles. The van der Waals surface area contributed by atoms with Crippen LogP contribution in [0.25, 0.3) is 0 Å². The van der Waals surface area contributed by atoms with E-state index in [2.05, 4.69) is 10.6 Å². The maximum Gasteiger partial charge on any atom is 0.321 e. The van der Waals surface area contributed by atoms with Crippen LogP contribution < -0.4 is 21.3 Å². The van der Waals surface area contributed by atoms with E-state index in [1.807, 2.05) is 6.07 Å². The fraction of sp³-hybridized carbons (Fsp3) is 0.429. The third-order valence-corrected chi connectivity index (χ3v) is 3.08. The van der Waals surface area contributed by atoms with Crippen LogP contribution in [0.4, 0.5) is 16.2 Å². The molecule has 2 rings (SSSR count). The first-order valence-electron chi connectivity index (χ1n) is 6.64. The number of anilines is 2. The van der Waals surface area contributed by atoms with Gasteiger partial charge in [-0.3, -0.25) is 9.69 Å². The Morgan fingerprint density at radius 1 is 1.45 bits per heavy atom. The Labute approximate surface area is 118 Å². The number of nitrogens with one attached hydrogen (secondary N) is 2. The summed E-state index contributed by atoms with van der Waals surface area (Å²) in [5.41, 5.74) is 6.19. The first-order chi connectivity index (χ1) is 9.38. The maximum absolute atomic E-state index is 11.9. The van der Waals surface area contributed by atoms with E-state index in [4.69, 9.17) is 5.73 Å². The van der Waals surface area contributed by atoms with E-state index in [0.717, 1.165) is 12.1 Å². The molecule has 4 N–H and O–H groups in total. The van der Waals surface area contributed by atoms with Crippen molar-refractivity contribution >= 4 is 23.3 Å². The predicted octanol–water partition coefficient (Wildman–Crippen LogP) is 1.28. The Balaban J connectivity index is 2.15. The molecule has 0 spiro atoms. The van der Waals surface area contributed by atoms with Gasteiger partial charge in [-0.1, -0.05) is 6.07 Å². The van der Waals surface area contributed by atoms with E-state index in [1.54, 1.807) is 36.9 Å². The summed E-state index contributed by atoms with van der Waals surface area (Å²) in [4.78, 5) is 25.3. The van der Waals surface area contributed by atoms with Gasteiger partial charge < -0.3 is 16.4 Å². The molecule has 1 aromatic rings. The number of hydrogen-bond acceptors (Lipinski definition) is 3. The summed E-state index contributed by atoms with van der Waals surface area (Å²) in [6, 6.07) is 7.08. The minimum atomic E-state index is -0.946. The number of urea groups is 1. The minimum absolute atomic E-state index is 0.112. The fourth-order valence-electron chi connectivity index (χ4n) is 1.92. The standard InChI is InChI=1S/C14H20N4O2/c1-14(2,15)12(19)17-10-5-3-6-11(9-10)18-8-4-7-16-13(18)20/h3,5-6,9H,4,7-8,15H2,1-2H3,(H,16,20)(H,17,19). The molecule has 0 unspecified atom stereocenters. The average Bonchev–Trinajstić information content (AvgIpc) is 2.38. The van der Waals surface area contributed by atoms with Crippen molar-refractivity contribution in [3.8, 4) is 0 Å². The number of carbonyl (C=O) groups excluding carboxylic acids is 2. The molecule has 0 aromatic heterocycles. The van der Waals surface area contributed by atoms with Crippen LogP contribution in [0.5, 0.6) is 0 Å². The van der Waals surface area contributed by atoms with Crippen LogP contribution in [0, 0.1) is 0 Å². The molecule has 1 aromatic carbocycles. The predicted molar refractivity (Wildman–Crippen MR) is 78.7 cm³/mol. The SMILES string of the molecule is CC(C)(N)C(=O)Nc1cccc(N2CCCNC2=O)c1. The van der Waals surface area contributed by atoms with Crippen molar-refractivity contribution in [1.82, 2.24) is 5.32 Å². The summed E-state index contributed by atoms with van der Waals surface area (Å²) in [7, 11) is 0. The summed E-state index contributed by atoms with van der Waals surface area (Å²) in [5, 5.41) is 5.55. The van der Waals surface area contributed by atoms with Crippen LogP contribution in [-0.4, -0.2) is 30.6 Å². The van der Waals surface area contributed by atoms with Crippen molar-refractivity contribution in [2.45, 2.75) is 25.8 Å². The van der Waals surface area contributed by atoms with Crippen LogP contribution in [0.2, 0.25) is 0 Å². The number of nitrogens with two attached hydrogens (primary N) is 1. The van der Waals surface area contributed by atoms with E-state index in [0.29, 0.717) is 18.8 Å². The van der Waals surface area contributed by atoms with Crippen molar-refractivity contribution in [3.63, 3.8) is 0 Å². The van der Waals surface area contributed by atoms with E-state index < -0.39 is 5.54 Å². The third-order valence-electron chi connectivity index (χ3n) is 3.08. The average molecular weight is 276 g/mol. The molecule has 0 radical (unpaired) electrons. The smallest absolute Gasteiger partial charge is 0.321 e. The highest BCUT2D eigenvalue weighted by atomic mass is 16.2. The lowest BCUT2D eigenvalue weighted by atomic mass is 10.1. The second-order valence-corrected chi connectivity index (χ2v) is 5.46. The highest BCUT2D eigenvalue weighted by Crippen LogP contribution is 2.21. The van der Waals surface area contributed by atoms with Crippen molar-refractivity contribution < 1.29 is 9.59 Å². The lowest BCUT2D eigenvalue weighted by Gasteiger charge is -2.28. The normalized spacial score (nSPS) is 15.8.